The van der Waals surface area contributed by atoms with E-state index in [0.29, 0.717) is 0 Å². The lowest BCUT2D eigenvalue weighted by Crippen LogP contribution is -2.33. The first-order valence-corrected chi connectivity index (χ1v) is 5.31. The van der Waals surface area contributed by atoms with Crippen LogP contribution in [0, 0.1) is 12.3 Å². The van der Waals surface area contributed by atoms with Crippen LogP contribution in [-0.2, 0) is 4.79 Å². The average Bonchev–Trinajstić information content (AvgIpc) is 2.43. The molecule has 1 fully saturated rings. The molecule has 1 aliphatic rings. The molecule has 1 heterocycles. The number of hydrogen-bond donors (Lipinski definition) is 1. The summed E-state index contributed by atoms with van der Waals surface area (Å²) in [6.45, 7) is 9.77. The molecule has 3 nitrogen and oxygen atoms in total. The molecule has 0 unspecified atom stereocenters. The number of para-hydroxylation sites is 1. The van der Waals surface area contributed by atoms with Gasteiger partial charge >= 0.3 is 0 Å². The number of carbonyl (C=O) groups excluding carboxylic acids is 1. The largest absolute Gasteiger partial charge is 0.272 e. The van der Waals surface area contributed by atoms with Gasteiger partial charge in [-0.05, 0) is 32.4 Å². The second-order valence-corrected chi connectivity index (χ2v) is 4.63. The minimum atomic E-state index is -0.539. The van der Waals surface area contributed by atoms with Gasteiger partial charge in [-0.2, -0.15) is 0 Å². The van der Waals surface area contributed by atoms with Gasteiger partial charge in [0, 0.05) is 5.70 Å². The van der Waals surface area contributed by atoms with Crippen molar-refractivity contribution in [2.45, 2.75) is 20.8 Å². The van der Waals surface area contributed by atoms with Gasteiger partial charge in [0.1, 0.15) is 0 Å². The minimum absolute atomic E-state index is 0.0132. The molecule has 0 aliphatic carbocycles. The summed E-state index contributed by atoms with van der Waals surface area (Å²) in [5.74, 6) is -0.0132. The number of amides is 1. The predicted molar refractivity (Wildman–Crippen MR) is 64.7 cm³/mol. The number of nitrogens with zero attached hydrogens (tertiary/aromatic N) is 1. The fourth-order valence-corrected chi connectivity index (χ4v) is 1.74. The van der Waals surface area contributed by atoms with Gasteiger partial charge in [0.2, 0.25) is 5.91 Å². The molecule has 1 aromatic carbocycles. The number of carbonyl (C=O) groups is 1. The molecule has 1 aromatic rings. The summed E-state index contributed by atoms with van der Waals surface area (Å²) in [6, 6.07) is 7.92. The third-order valence-electron chi connectivity index (χ3n) is 3.13. The molecule has 1 amide bonds. The molecule has 16 heavy (non-hydrogen) atoms. The zero-order valence-electron chi connectivity index (χ0n) is 9.87. The number of anilines is 1. The van der Waals surface area contributed by atoms with Crippen molar-refractivity contribution in [3.05, 3.63) is 42.1 Å². The van der Waals surface area contributed by atoms with Crippen LogP contribution in [0.1, 0.15) is 19.4 Å². The fourth-order valence-electron chi connectivity index (χ4n) is 1.74. The second kappa shape index (κ2) is 3.37. The van der Waals surface area contributed by atoms with E-state index in [-0.39, 0.29) is 5.91 Å². The van der Waals surface area contributed by atoms with Crippen molar-refractivity contribution in [3.8, 4) is 0 Å². The summed E-state index contributed by atoms with van der Waals surface area (Å²) in [5, 5.41) is 1.78. The van der Waals surface area contributed by atoms with Crippen LogP contribution in [0.2, 0.25) is 0 Å². The highest BCUT2D eigenvalue weighted by Crippen LogP contribution is 2.36. The van der Waals surface area contributed by atoms with Crippen molar-refractivity contribution in [2.24, 2.45) is 5.41 Å². The molecule has 0 saturated carbocycles. The molecule has 0 aromatic heterocycles. The lowest BCUT2D eigenvalue weighted by molar-refractivity contribution is -0.125. The Hall–Kier alpha value is -1.77. The maximum Gasteiger partial charge on any atom is 0.250 e. The molecule has 0 spiro atoms. The standard InChI is InChI=1S/C13H16N2O/c1-9-7-5-6-8-11(9)15-10(2)13(3,4)12(16)14-15/h5-8H,2H2,1,3-4H3,(H,14,16). The third-order valence-corrected chi connectivity index (χ3v) is 3.13. The van der Waals surface area contributed by atoms with Crippen molar-refractivity contribution >= 4 is 11.6 Å². The predicted octanol–water partition coefficient (Wildman–Crippen LogP) is 2.39. The Balaban J connectivity index is 2.43. The van der Waals surface area contributed by atoms with E-state index in [1.165, 1.54) is 0 Å². The Morgan fingerprint density at radius 2 is 1.94 bits per heavy atom. The molecule has 1 N–H and O–H groups in total. The van der Waals surface area contributed by atoms with E-state index in [4.69, 9.17) is 0 Å². The van der Waals surface area contributed by atoms with E-state index >= 15 is 0 Å². The van der Waals surface area contributed by atoms with Gasteiger partial charge in [-0.25, -0.2) is 0 Å². The lowest BCUT2D eigenvalue weighted by atomic mass is 9.90. The Morgan fingerprint density at radius 1 is 1.31 bits per heavy atom. The highest BCUT2D eigenvalue weighted by molar-refractivity contribution is 5.92. The van der Waals surface area contributed by atoms with Gasteiger partial charge in [-0.3, -0.25) is 15.2 Å². The Labute approximate surface area is 95.7 Å². The van der Waals surface area contributed by atoms with Gasteiger partial charge in [-0.1, -0.05) is 24.8 Å². The molecule has 84 valence electrons. The Bertz CT molecular complexity index is 463. The normalized spacial score (nSPS) is 18.8. The maximum absolute atomic E-state index is 11.8. The molecule has 1 saturated heterocycles. The van der Waals surface area contributed by atoms with Crippen LogP contribution in [0.3, 0.4) is 0 Å². The molecule has 0 bridgehead atoms. The van der Waals surface area contributed by atoms with Crippen molar-refractivity contribution in [2.75, 3.05) is 5.01 Å². The van der Waals surface area contributed by atoms with E-state index in [0.717, 1.165) is 16.9 Å². The number of benzene rings is 1. The minimum Gasteiger partial charge on any atom is -0.272 e. The molecule has 3 heteroatoms. The van der Waals surface area contributed by atoms with E-state index in [1.54, 1.807) is 5.01 Å². The smallest absolute Gasteiger partial charge is 0.250 e. The summed E-state index contributed by atoms with van der Waals surface area (Å²) < 4.78 is 0. The van der Waals surface area contributed by atoms with E-state index in [9.17, 15) is 4.79 Å². The van der Waals surface area contributed by atoms with Gasteiger partial charge < -0.3 is 0 Å². The summed E-state index contributed by atoms with van der Waals surface area (Å²) in [4.78, 5) is 11.8. The summed E-state index contributed by atoms with van der Waals surface area (Å²) in [5.41, 5.74) is 5.18. The Morgan fingerprint density at radius 3 is 2.44 bits per heavy atom. The summed E-state index contributed by atoms with van der Waals surface area (Å²) >= 11 is 0. The van der Waals surface area contributed by atoms with E-state index < -0.39 is 5.41 Å². The zero-order valence-corrected chi connectivity index (χ0v) is 9.87. The van der Waals surface area contributed by atoms with Crippen LogP contribution in [0.25, 0.3) is 0 Å². The highest BCUT2D eigenvalue weighted by atomic mass is 16.2. The molecular weight excluding hydrogens is 200 g/mol. The Kier molecular flexibility index (Phi) is 2.26. The van der Waals surface area contributed by atoms with Crippen LogP contribution >= 0.6 is 0 Å². The highest BCUT2D eigenvalue weighted by Gasteiger charge is 2.42. The quantitative estimate of drug-likeness (QED) is 0.781. The van der Waals surface area contributed by atoms with Crippen molar-refractivity contribution < 1.29 is 4.79 Å². The van der Waals surface area contributed by atoms with Crippen molar-refractivity contribution in [1.29, 1.82) is 0 Å². The molecule has 2 rings (SSSR count). The maximum atomic E-state index is 11.8. The number of nitrogens with one attached hydrogen (secondary N) is 1. The van der Waals surface area contributed by atoms with Gasteiger partial charge in [0.15, 0.2) is 0 Å². The average molecular weight is 216 g/mol. The monoisotopic (exact) mass is 216 g/mol. The first-order valence-electron chi connectivity index (χ1n) is 5.31. The SMILES string of the molecule is C=C1N(c2ccccc2C)NC(=O)C1(C)C. The van der Waals surface area contributed by atoms with Crippen LogP contribution in [0.5, 0.6) is 0 Å². The molecule has 0 radical (unpaired) electrons. The molecular formula is C13H16N2O. The van der Waals surface area contributed by atoms with Gasteiger partial charge in [-0.15, -0.1) is 0 Å². The fraction of sp³-hybridized carbons (Fsp3) is 0.308. The van der Waals surface area contributed by atoms with Crippen LogP contribution in [-0.4, -0.2) is 5.91 Å². The summed E-state index contributed by atoms with van der Waals surface area (Å²) in [7, 11) is 0. The van der Waals surface area contributed by atoms with Crippen molar-refractivity contribution in [3.63, 3.8) is 0 Å². The van der Waals surface area contributed by atoms with E-state index in [2.05, 4.69) is 12.0 Å². The lowest BCUT2D eigenvalue weighted by Gasteiger charge is -2.23. The first-order chi connectivity index (χ1) is 7.44. The number of aryl methyl sites for hydroxylation is 1. The topological polar surface area (TPSA) is 32.3 Å². The number of hydrogen-bond acceptors (Lipinski definition) is 2. The van der Waals surface area contributed by atoms with Crippen LogP contribution in [0.15, 0.2) is 36.5 Å². The first kappa shape index (κ1) is 10.7. The van der Waals surface area contributed by atoms with Gasteiger partial charge in [0.25, 0.3) is 0 Å². The summed E-state index contributed by atoms with van der Waals surface area (Å²) in [6.07, 6.45) is 0. The van der Waals surface area contributed by atoms with Crippen molar-refractivity contribution in [1.82, 2.24) is 5.43 Å². The van der Waals surface area contributed by atoms with Crippen LogP contribution < -0.4 is 10.4 Å². The second-order valence-electron chi connectivity index (χ2n) is 4.63. The number of hydrazine groups is 1. The molecule has 0 atom stereocenters. The van der Waals surface area contributed by atoms with E-state index in [1.807, 2.05) is 45.0 Å². The van der Waals surface area contributed by atoms with Crippen LogP contribution in [0.4, 0.5) is 5.69 Å². The third kappa shape index (κ3) is 1.40. The van der Waals surface area contributed by atoms with Gasteiger partial charge in [0.05, 0.1) is 11.1 Å². The zero-order chi connectivity index (χ0) is 11.9. The number of rotatable bonds is 1. The molecule has 1 aliphatic heterocycles.